The largest absolute Gasteiger partial charge is 0.463 e. The Morgan fingerprint density at radius 2 is 1.21 bits per heavy atom. The molecule has 24 nitrogen and oxygen atoms in total. The molecule has 2 saturated carbocycles. The summed E-state index contributed by atoms with van der Waals surface area (Å²) < 4.78 is 81.4. The fourth-order valence-electron chi connectivity index (χ4n) is 12.6. The van der Waals surface area contributed by atoms with E-state index in [1.54, 1.807) is 6.92 Å². The predicted octanol–water partition coefficient (Wildman–Crippen LogP) is 5.80. The van der Waals surface area contributed by atoms with E-state index < -0.39 is 158 Å². The zero-order valence-electron chi connectivity index (χ0n) is 52.9. The van der Waals surface area contributed by atoms with Gasteiger partial charge >= 0.3 is 29.8 Å². The van der Waals surface area contributed by atoms with Gasteiger partial charge in [-0.25, -0.2) is 4.79 Å². The van der Waals surface area contributed by atoms with Crippen LogP contribution < -0.4 is 16.0 Å². The van der Waals surface area contributed by atoms with Gasteiger partial charge in [-0.05, 0) is 54.7 Å². The SMILES string of the molecule is CCC1CC(C(=O)NCCNC(=O)[C@@H](OCc2ccccc2)[C@@H](COCc2ccccc2)OCc2ccccc2)C[C@@H](O[C@@H]2OC(COC(C)=O)[C@@H]3OC(=O)[C@@H](CC4CCCCC4)OC3C2NC(C)=O)C1O[C@@H]1OC(C)[C@@H](OC(C)=O)C(OC(C)=O)C1OC(C)=O. The number of rotatable bonds is 29. The van der Waals surface area contributed by atoms with Gasteiger partial charge in [-0.2, -0.15) is 0 Å². The molecule has 3 aromatic carbocycles. The maximum Gasteiger partial charge on any atom is 0.335 e. The summed E-state index contributed by atoms with van der Waals surface area (Å²) in [5.74, 6) is -6.16. The van der Waals surface area contributed by atoms with Crippen LogP contribution in [0.3, 0.4) is 0 Å². The Bertz CT molecular complexity index is 2850. The average Bonchev–Trinajstić information content (AvgIpc) is 0.914. The van der Waals surface area contributed by atoms with Crippen LogP contribution in [0.5, 0.6) is 0 Å². The number of carbonyl (C=O) groups is 8. The zero-order chi connectivity index (χ0) is 65.0. The fourth-order valence-corrected chi connectivity index (χ4v) is 12.6. The molecule has 2 aliphatic carbocycles. The third-order valence-electron chi connectivity index (χ3n) is 16.9. The van der Waals surface area contributed by atoms with Crippen LogP contribution in [0.4, 0.5) is 0 Å². The Hall–Kier alpha value is -6.90. The van der Waals surface area contributed by atoms with Crippen molar-refractivity contribution in [3.8, 4) is 0 Å². The number of fused-ring (bicyclic) bond motifs is 1. The van der Waals surface area contributed by atoms with E-state index in [9.17, 15) is 38.4 Å². The Kier molecular flexibility index (Phi) is 26.7. The van der Waals surface area contributed by atoms with Crippen molar-refractivity contribution in [2.75, 3.05) is 26.3 Å². The smallest absolute Gasteiger partial charge is 0.335 e. The van der Waals surface area contributed by atoms with Crippen LogP contribution in [-0.4, -0.2) is 166 Å². The van der Waals surface area contributed by atoms with Gasteiger partial charge in [0, 0.05) is 53.6 Å². The zero-order valence-corrected chi connectivity index (χ0v) is 52.9. The molecule has 0 radical (unpaired) electrons. The molecule has 5 fully saturated rings. The molecule has 3 aliphatic heterocycles. The lowest BCUT2D eigenvalue weighted by molar-refractivity contribution is -0.344. The van der Waals surface area contributed by atoms with E-state index >= 15 is 0 Å². The minimum Gasteiger partial charge on any atom is -0.463 e. The number of hydrogen-bond donors (Lipinski definition) is 3. The van der Waals surface area contributed by atoms with Gasteiger partial charge in [0.25, 0.3) is 5.91 Å². The molecule has 24 heteroatoms. The molecule has 17 atom stereocenters. The highest BCUT2D eigenvalue weighted by atomic mass is 16.8. The monoisotopic (exact) mass is 1270 g/mol. The average molecular weight is 1270 g/mol. The first kappa shape index (κ1) is 70.0. The second-order valence-corrected chi connectivity index (χ2v) is 24.0. The van der Waals surface area contributed by atoms with Gasteiger partial charge in [0.05, 0.1) is 44.7 Å². The van der Waals surface area contributed by atoms with Crippen LogP contribution in [0.15, 0.2) is 91.0 Å². The molecule has 498 valence electrons. The van der Waals surface area contributed by atoms with Gasteiger partial charge < -0.3 is 77.5 Å². The summed E-state index contributed by atoms with van der Waals surface area (Å²) in [4.78, 5) is 107. The third-order valence-corrected chi connectivity index (χ3v) is 16.9. The lowest BCUT2D eigenvalue weighted by Gasteiger charge is -2.51. The van der Waals surface area contributed by atoms with Gasteiger partial charge in [-0.3, -0.25) is 33.6 Å². The van der Waals surface area contributed by atoms with Crippen LogP contribution in [0, 0.1) is 17.8 Å². The van der Waals surface area contributed by atoms with Crippen molar-refractivity contribution in [2.24, 2.45) is 17.8 Å². The first-order chi connectivity index (χ1) is 43.8. The van der Waals surface area contributed by atoms with E-state index in [0.717, 1.165) is 62.6 Å². The summed E-state index contributed by atoms with van der Waals surface area (Å²) in [5, 5.41) is 8.87. The van der Waals surface area contributed by atoms with Crippen molar-refractivity contribution in [3.05, 3.63) is 108 Å². The topological polar surface area (TPSA) is 293 Å². The lowest BCUT2D eigenvalue weighted by atomic mass is 9.75. The van der Waals surface area contributed by atoms with Crippen molar-refractivity contribution < 1.29 is 99.9 Å². The summed E-state index contributed by atoms with van der Waals surface area (Å²) >= 11 is 0. The van der Waals surface area contributed by atoms with E-state index in [-0.39, 0.29) is 58.3 Å². The van der Waals surface area contributed by atoms with Crippen LogP contribution in [0.1, 0.15) is 123 Å². The molecule has 5 aliphatic rings. The minimum absolute atomic E-state index is 0.00437. The number of nitrogens with one attached hydrogen (secondary N) is 3. The van der Waals surface area contributed by atoms with Crippen LogP contribution in [0.25, 0.3) is 0 Å². The lowest BCUT2D eigenvalue weighted by Crippen LogP contribution is -2.70. The van der Waals surface area contributed by atoms with Crippen molar-refractivity contribution in [1.82, 2.24) is 16.0 Å². The van der Waals surface area contributed by atoms with Crippen LogP contribution in [-0.2, 0) is 120 Å². The first-order valence-corrected chi connectivity index (χ1v) is 31.7. The van der Waals surface area contributed by atoms with Gasteiger partial charge in [0.15, 0.2) is 49.2 Å². The number of hydrogen-bond acceptors (Lipinski definition) is 21. The summed E-state index contributed by atoms with van der Waals surface area (Å²) in [6, 6.07) is 27.4. The maximum absolute atomic E-state index is 14.8. The van der Waals surface area contributed by atoms with Gasteiger partial charge in [0.2, 0.25) is 11.8 Å². The Balaban J connectivity index is 1.06. The number of carbonyl (C=O) groups excluding carboxylic acids is 8. The fraction of sp³-hybridized carbons (Fsp3) is 0.612. The molecule has 8 rings (SSSR count). The predicted molar refractivity (Wildman–Crippen MR) is 322 cm³/mol. The molecular formula is C67H89N3O21. The maximum atomic E-state index is 14.8. The molecule has 0 aromatic heterocycles. The standard InChI is InChI=1S/C67H89N3O21/c1-8-49-32-50(63(76)68-29-30-69-64(77)59(82-36-48-27-19-12-20-28-48)53(81-35-47-25-17-11-18-26-47)37-79-34-46-23-15-10-16-24-46)33-51(57(49)91-67-62(86-44(7)75)61(85-43(6)74)56(39(2)83-67)84-42(5)73)88-66-55(70-40(3)71)60-58(54(89-66)38-80-41(4)72)90-65(78)52(87-60)31-45-21-13-9-14-22-45/h10-12,15-20,23-28,39,45,49-62,66-67H,8-9,13-14,21-22,29-38H2,1-7H3,(H,68,76)(H,69,77)(H,70,71)/t39?,49?,50?,51-,52-,53-,54?,55?,56-,57?,58+,59+,60?,61?,62?,66-,67+/m1/s1. The Labute approximate surface area is 531 Å². The molecule has 3 heterocycles. The summed E-state index contributed by atoms with van der Waals surface area (Å²) in [6.07, 6.45) is -11.1. The van der Waals surface area contributed by atoms with Crippen molar-refractivity contribution in [1.29, 1.82) is 0 Å². The second-order valence-electron chi connectivity index (χ2n) is 24.0. The number of benzene rings is 3. The van der Waals surface area contributed by atoms with Crippen LogP contribution >= 0.6 is 0 Å². The molecule has 0 bridgehead atoms. The first-order valence-electron chi connectivity index (χ1n) is 31.7. The molecule has 3 saturated heterocycles. The highest BCUT2D eigenvalue weighted by Crippen LogP contribution is 2.42. The van der Waals surface area contributed by atoms with Gasteiger partial charge in [0.1, 0.15) is 31.0 Å². The van der Waals surface area contributed by atoms with Crippen LogP contribution in [0.2, 0.25) is 0 Å². The van der Waals surface area contributed by atoms with Crippen molar-refractivity contribution in [3.63, 3.8) is 0 Å². The summed E-state index contributed by atoms with van der Waals surface area (Å²) in [6.45, 7) is 9.48. The van der Waals surface area contributed by atoms with Crippen molar-refractivity contribution >= 4 is 47.6 Å². The number of amides is 3. The van der Waals surface area contributed by atoms with E-state index in [0.29, 0.717) is 12.8 Å². The summed E-state index contributed by atoms with van der Waals surface area (Å²) in [7, 11) is 0. The Morgan fingerprint density at radius 1 is 0.615 bits per heavy atom. The summed E-state index contributed by atoms with van der Waals surface area (Å²) in [5.41, 5.74) is 2.64. The van der Waals surface area contributed by atoms with E-state index in [1.807, 2.05) is 97.9 Å². The molecule has 3 aromatic rings. The molecular weight excluding hydrogens is 1180 g/mol. The third kappa shape index (κ3) is 20.5. The van der Waals surface area contributed by atoms with E-state index in [2.05, 4.69) is 16.0 Å². The van der Waals surface area contributed by atoms with E-state index in [1.165, 1.54) is 20.8 Å². The molecule has 9 unspecified atom stereocenters. The molecule has 0 spiro atoms. The van der Waals surface area contributed by atoms with Crippen molar-refractivity contribution in [2.45, 2.75) is 218 Å². The highest BCUT2D eigenvalue weighted by molar-refractivity contribution is 5.82. The van der Waals surface area contributed by atoms with Gasteiger partial charge in [-0.1, -0.05) is 136 Å². The molecule has 3 N–H and O–H groups in total. The van der Waals surface area contributed by atoms with E-state index in [4.69, 9.17) is 61.6 Å². The highest BCUT2D eigenvalue weighted by Gasteiger charge is 2.58. The number of esters is 5. The Morgan fingerprint density at radius 3 is 1.81 bits per heavy atom. The second kappa shape index (κ2) is 34.7. The normalized spacial score (nSPS) is 29.0. The quantitative estimate of drug-likeness (QED) is 0.0421. The van der Waals surface area contributed by atoms with Gasteiger partial charge in [-0.15, -0.1) is 0 Å². The number of ether oxygens (including phenoxy) is 13. The molecule has 3 amide bonds. The minimum atomic E-state index is -1.51. The molecule has 91 heavy (non-hydrogen) atoms.